The van der Waals surface area contributed by atoms with Crippen LogP contribution in [0.5, 0.6) is 0 Å². The maximum atomic E-state index is 12.6. The molecule has 1 atom stereocenters. The molecular weight excluding hydrogens is 360 g/mol. The van der Waals surface area contributed by atoms with Gasteiger partial charge in [-0.15, -0.1) is 11.3 Å². The third-order valence-corrected chi connectivity index (χ3v) is 7.71. The van der Waals surface area contributed by atoms with Gasteiger partial charge in [0.1, 0.15) is 0 Å². The van der Waals surface area contributed by atoms with Crippen molar-refractivity contribution < 1.29 is 13.2 Å². The van der Waals surface area contributed by atoms with Crippen molar-refractivity contribution in [2.24, 2.45) is 0 Å². The van der Waals surface area contributed by atoms with Gasteiger partial charge in [0.25, 0.3) is 0 Å². The lowest BCUT2D eigenvalue weighted by atomic mass is 10.2. The second kappa shape index (κ2) is 7.59. The Labute approximate surface area is 153 Å². The highest BCUT2D eigenvalue weighted by Gasteiger charge is 2.32. The summed E-state index contributed by atoms with van der Waals surface area (Å²) in [6, 6.07) is -0.0317. The maximum Gasteiger partial charge on any atom is 0.236 e. The molecule has 1 aromatic heterocycles. The van der Waals surface area contributed by atoms with Crippen LogP contribution in [0, 0.1) is 6.92 Å². The first-order valence-electron chi connectivity index (χ1n) is 8.69. The van der Waals surface area contributed by atoms with Gasteiger partial charge in [0.05, 0.1) is 23.7 Å². The monoisotopic (exact) mass is 386 g/mol. The van der Waals surface area contributed by atoms with Gasteiger partial charge in [0.2, 0.25) is 5.91 Å². The van der Waals surface area contributed by atoms with E-state index < -0.39 is 9.84 Å². The van der Waals surface area contributed by atoms with Crippen molar-refractivity contribution in [3.05, 3.63) is 11.1 Å². The van der Waals surface area contributed by atoms with Gasteiger partial charge in [-0.2, -0.15) is 0 Å². The molecule has 25 heavy (non-hydrogen) atoms. The van der Waals surface area contributed by atoms with E-state index in [0.717, 1.165) is 36.9 Å². The van der Waals surface area contributed by atoms with E-state index in [-0.39, 0.29) is 30.0 Å². The third kappa shape index (κ3) is 4.71. The number of carbonyl (C=O) groups is 1. The first kappa shape index (κ1) is 18.6. The third-order valence-electron chi connectivity index (χ3n) is 4.94. The quantitative estimate of drug-likeness (QED) is 0.755. The minimum Gasteiger partial charge on any atom is -0.346 e. The average Bonchev–Trinajstić information content (AvgIpc) is 3.04. The average molecular weight is 387 g/mol. The van der Waals surface area contributed by atoms with Gasteiger partial charge in [-0.25, -0.2) is 13.4 Å². The zero-order chi connectivity index (χ0) is 18.0. The predicted molar refractivity (Wildman–Crippen MR) is 99.9 cm³/mol. The molecule has 1 amide bonds. The van der Waals surface area contributed by atoms with Crippen LogP contribution in [0.1, 0.15) is 18.5 Å². The number of likely N-dealkylation sites (N-methyl/N-ethyl adjacent to an activating group) is 1. The zero-order valence-electron chi connectivity index (χ0n) is 14.8. The molecule has 2 fully saturated rings. The van der Waals surface area contributed by atoms with Crippen LogP contribution in [-0.2, 0) is 14.6 Å². The Balaban J connectivity index is 1.52. The molecule has 2 aliphatic rings. The summed E-state index contributed by atoms with van der Waals surface area (Å²) in [5.41, 5.74) is 1.03. The van der Waals surface area contributed by atoms with E-state index in [2.05, 4.69) is 9.88 Å². The highest BCUT2D eigenvalue weighted by atomic mass is 32.2. The van der Waals surface area contributed by atoms with Gasteiger partial charge in [0, 0.05) is 37.6 Å². The van der Waals surface area contributed by atoms with Crippen molar-refractivity contribution in [2.45, 2.75) is 25.8 Å². The van der Waals surface area contributed by atoms with Gasteiger partial charge in [0.15, 0.2) is 15.0 Å². The number of amides is 1. The Kier molecular flexibility index (Phi) is 5.65. The molecule has 2 aliphatic heterocycles. The van der Waals surface area contributed by atoms with Crippen molar-refractivity contribution >= 4 is 32.2 Å². The molecule has 2 saturated heterocycles. The molecule has 3 rings (SSSR count). The summed E-state index contributed by atoms with van der Waals surface area (Å²) < 4.78 is 23.2. The number of hydrogen-bond acceptors (Lipinski definition) is 7. The van der Waals surface area contributed by atoms with E-state index in [9.17, 15) is 13.2 Å². The molecule has 0 radical (unpaired) electrons. The summed E-state index contributed by atoms with van der Waals surface area (Å²) in [5.74, 6) is 0.500. The van der Waals surface area contributed by atoms with E-state index >= 15 is 0 Å². The van der Waals surface area contributed by atoms with E-state index in [4.69, 9.17) is 0 Å². The number of anilines is 1. The van der Waals surface area contributed by atoms with Gasteiger partial charge in [-0.3, -0.25) is 9.69 Å². The summed E-state index contributed by atoms with van der Waals surface area (Å²) in [7, 11) is -1.07. The number of thiazole rings is 1. The van der Waals surface area contributed by atoms with Crippen LogP contribution < -0.4 is 4.90 Å². The summed E-state index contributed by atoms with van der Waals surface area (Å²) in [6.45, 7) is 5.42. The fraction of sp³-hybridized carbons (Fsp3) is 0.750. The van der Waals surface area contributed by atoms with Crippen LogP contribution in [-0.4, -0.2) is 86.4 Å². The first-order valence-corrected chi connectivity index (χ1v) is 11.4. The predicted octanol–water partition coefficient (Wildman–Crippen LogP) is 0.609. The Hall–Kier alpha value is -1.19. The van der Waals surface area contributed by atoms with E-state index in [1.165, 1.54) is 0 Å². The fourth-order valence-corrected chi connectivity index (χ4v) is 6.07. The van der Waals surface area contributed by atoms with Crippen LogP contribution in [0.15, 0.2) is 5.38 Å². The maximum absolute atomic E-state index is 12.6. The number of hydrogen-bond donors (Lipinski definition) is 0. The number of aromatic nitrogens is 1. The van der Waals surface area contributed by atoms with Crippen molar-refractivity contribution in [2.75, 3.05) is 56.2 Å². The number of rotatable bonds is 4. The number of carbonyl (C=O) groups excluding carboxylic acids is 1. The molecule has 0 aromatic carbocycles. The Morgan fingerprint density at radius 1 is 1.36 bits per heavy atom. The molecule has 0 saturated carbocycles. The van der Waals surface area contributed by atoms with Crippen LogP contribution in [0.4, 0.5) is 5.13 Å². The van der Waals surface area contributed by atoms with Gasteiger partial charge >= 0.3 is 0 Å². The van der Waals surface area contributed by atoms with E-state index in [1.54, 1.807) is 11.3 Å². The summed E-state index contributed by atoms with van der Waals surface area (Å²) >= 11 is 1.65. The molecule has 7 nitrogen and oxygen atoms in total. The number of nitrogens with zero attached hydrogens (tertiary/aromatic N) is 4. The van der Waals surface area contributed by atoms with Crippen LogP contribution in [0.2, 0.25) is 0 Å². The first-order chi connectivity index (χ1) is 11.8. The van der Waals surface area contributed by atoms with Crippen molar-refractivity contribution in [1.82, 2.24) is 14.8 Å². The fourth-order valence-electron chi connectivity index (χ4n) is 3.41. The van der Waals surface area contributed by atoms with E-state index in [1.807, 2.05) is 29.2 Å². The van der Waals surface area contributed by atoms with Gasteiger partial charge < -0.3 is 9.80 Å². The Morgan fingerprint density at radius 2 is 2.16 bits per heavy atom. The highest BCUT2D eigenvalue weighted by Crippen LogP contribution is 2.22. The minimum atomic E-state index is -2.92. The molecule has 140 valence electrons. The molecule has 0 bridgehead atoms. The largest absolute Gasteiger partial charge is 0.346 e. The normalized spacial score (nSPS) is 23.9. The lowest BCUT2D eigenvalue weighted by molar-refractivity contribution is -0.132. The van der Waals surface area contributed by atoms with Crippen LogP contribution in [0.25, 0.3) is 0 Å². The molecule has 0 N–H and O–H groups in total. The van der Waals surface area contributed by atoms with Crippen LogP contribution in [0.3, 0.4) is 0 Å². The lowest BCUT2D eigenvalue weighted by Gasteiger charge is -2.27. The summed E-state index contributed by atoms with van der Waals surface area (Å²) in [6.07, 6.45) is 1.55. The number of sulfone groups is 1. The standard InChI is InChI=1S/C16H26N4O3S2/c1-13-11-24-16(17-13)20-6-3-5-19(7-8-20)15(21)10-18(2)14-4-9-25(22,23)12-14/h11,14H,3-10,12H2,1-2H3. The Bertz CT molecular complexity index is 719. The summed E-state index contributed by atoms with van der Waals surface area (Å²) in [5, 5.41) is 3.08. The SMILES string of the molecule is Cc1csc(N2CCCN(C(=O)CN(C)C3CCS(=O)(=O)C3)CC2)n1. The zero-order valence-corrected chi connectivity index (χ0v) is 16.5. The van der Waals surface area contributed by atoms with Crippen molar-refractivity contribution in [3.8, 4) is 0 Å². The minimum absolute atomic E-state index is 0.0317. The molecule has 0 aliphatic carbocycles. The lowest BCUT2D eigenvalue weighted by Crippen LogP contribution is -2.44. The molecule has 9 heteroatoms. The summed E-state index contributed by atoms with van der Waals surface area (Å²) in [4.78, 5) is 23.2. The highest BCUT2D eigenvalue weighted by molar-refractivity contribution is 7.91. The van der Waals surface area contributed by atoms with Gasteiger partial charge in [-0.05, 0) is 26.8 Å². The second-order valence-electron chi connectivity index (χ2n) is 6.96. The van der Waals surface area contributed by atoms with E-state index in [0.29, 0.717) is 13.0 Å². The Morgan fingerprint density at radius 3 is 2.80 bits per heavy atom. The topological polar surface area (TPSA) is 73.8 Å². The second-order valence-corrected chi connectivity index (χ2v) is 10.0. The molecule has 1 unspecified atom stereocenters. The van der Waals surface area contributed by atoms with Gasteiger partial charge in [-0.1, -0.05) is 0 Å². The van der Waals surface area contributed by atoms with Crippen molar-refractivity contribution in [3.63, 3.8) is 0 Å². The smallest absolute Gasteiger partial charge is 0.236 e. The molecule has 3 heterocycles. The molecular formula is C16H26N4O3S2. The molecule has 0 spiro atoms. The van der Waals surface area contributed by atoms with Crippen LogP contribution >= 0.6 is 11.3 Å². The molecule has 1 aromatic rings. The van der Waals surface area contributed by atoms with Crippen molar-refractivity contribution in [1.29, 1.82) is 0 Å². The number of aryl methyl sites for hydroxylation is 1.